The molecule has 0 radical (unpaired) electrons. The Balaban J connectivity index is 1.42. The molecular weight excluding hydrogens is 418 g/mol. The molecule has 0 saturated carbocycles. The first-order valence-corrected chi connectivity index (χ1v) is 10.5. The first-order valence-electron chi connectivity index (χ1n) is 10.1. The Morgan fingerprint density at radius 1 is 1.13 bits per heavy atom. The first kappa shape index (κ1) is 21.1. The molecule has 2 heterocycles. The SMILES string of the molecule is CC(=O)Oc1cccc(C(=O)N2CCC(c3nc(-c4ccc(Cl)cc4)no3)CC2)c1C. The Kier molecular flexibility index (Phi) is 6.04. The zero-order chi connectivity index (χ0) is 22.0. The van der Waals surface area contributed by atoms with E-state index < -0.39 is 5.97 Å². The molecule has 4 rings (SSSR count). The molecule has 160 valence electrons. The van der Waals surface area contributed by atoms with E-state index in [0.29, 0.717) is 46.7 Å². The molecule has 7 nitrogen and oxygen atoms in total. The third-order valence-electron chi connectivity index (χ3n) is 5.44. The second kappa shape index (κ2) is 8.89. The van der Waals surface area contributed by atoms with E-state index in [2.05, 4.69) is 10.1 Å². The molecule has 31 heavy (non-hydrogen) atoms. The van der Waals surface area contributed by atoms with E-state index >= 15 is 0 Å². The summed E-state index contributed by atoms with van der Waals surface area (Å²) >= 11 is 5.93. The zero-order valence-corrected chi connectivity index (χ0v) is 18.1. The number of ether oxygens (including phenoxy) is 1. The molecule has 0 N–H and O–H groups in total. The number of benzene rings is 2. The normalized spacial score (nSPS) is 14.5. The maximum atomic E-state index is 13.0. The Morgan fingerprint density at radius 2 is 1.84 bits per heavy atom. The van der Waals surface area contributed by atoms with Crippen molar-refractivity contribution in [2.75, 3.05) is 13.1 Å². The van der Waals surface area contributed by atoms with Crippen LogP contribution in [0.1, 0.15) is 47.5 Å². The fraction of sp³-hybridized carbons (Fsp3) is 0.304. The number of amides is 1. The first-order chi connectivity index (χ1) is 14.9. The fourth-order valence-corrected chi connectivity index (χ4v) is 3.85. The number of likely N-dealkylation sites (tertiary alicyclic amines) is 1. The van der Waals surface area contributed by atoms with Crippen molar-refractivity contribution >= 4 is 23.5 Å². The number of carbonyl (C=O) groups is 2. The van der Waals surface area contributed by atoms with E-state index in [-0.39, 0.29) is 11.8 Å². The molecule has 1 aliphatic heterocycles. The Labute approximate surface area is 185 Å². The van der Waals surface area contributed by atoms with Crippen LogP contribution in [0.3, 0.4) is 0 Å². The maximum Gasteiger partial charge on any atom is 0.308 e. The van der Waals surface area contributed by atoms with Crippen molar-refractivity contribution in [2.24, 2.45) is 0 Å². The maximum absolute atomic E-state index is 13.0. The number of carbonyl (C=O) groups excluding carboxylic acids is 2. The summed E-state index contributed by atoms with van der Waals surface area (Å²) in [5.41, 5.74) is 2.05. The highest BCUT2D eigenvalue weighted by molar-refractivity contribution is 6.30. The van der Waals surface area contributed by atoms with Gasteiger partial charge in [-0.05, 0) is 56.2 Å². The molecule has 3 aromatic rings. The van der Waals surface area contributed by atoms with Gasteiger partial charge < -0.3 is 14.2 Å². The standard InChI is InChI=1S/C23H22ClN3O4/c1-14-19(4-3-5-20(14)30-15(2)28)23(29)27-12-10-17(11-13-27)22-25-21(26-31-22)16-6-8-18(24)9-7-16/h3-9,17H,10-13H2,1-2H3. The highest BCUT2D eigenvalue weighted by Gasteiger charge is 2.29. The minimum Gasteiger partial charge on any atom is -0.426 e. The van der Waals surface area contributed by atoms with E-state index in [1.54, 1.807) is 37.3 Å². The summed E-state index contributed by atoms with van der Waals surface area (Å²) in [7, 11) is 0. The van der Waals surface area contributed by atoms with Gasteiger partial charge in [-0.1, -0.05) is 22.8 Å². The van der Waals surface area contributed by atoms with Gasteiger partial charge in [0.15, 0.2) is 0 Å². The predicted octanol–water partition coefficient (Wildman–Crippen LogP) is 4.64. The van der Waals surface area contributed by atoms with E-state index in [0.717, 1.165) is 18.4 Å². The smallest absolute Gasteiger partial charge is 0.308 e. The van der Waals surface area contributed by atoms with Crippen molar-refractivity contribution in [3.8, 4) is 17.1 Å². The minimum absolute atomic E-state index is 0.0719. The Hall–Kier alpha value is -3.19. The van der Waals surface area contributed by atoms with Gasteiger partial charge in [0.25, 0.3) is 5.91 Å². The number of rotatable bonds is 4. The third-order valence-corrected chi connectivity index (χ3v) is 5.70. The average molecular weight is 440 g/mol. The van der Waals surface area contributed by atoms with Gasteiger partial charge in [-0.25, -0.2) is 0 Å². The van der Waals surface area contributed by atoms with Gasteiger partial charge in [-0.3, -0.25) is 9.59 Å². The van der Waals surface area contributed by atoms with E-state index in [1.165, 1.54) is 6.92 Å². The van der Waals surface area contributed by atoms with Crippen molar-refractivity contribution in [2.45, 2.75) is 32.6 Å². The van der Waals surface area contributed by atoms with Crippen LogP contribution < -0.4 is 4.74 Å². The van der Waals surface area contributed by atoms with Crippen molar-refractivity contribution < 1.29 is 18.8 Å². The van der Waals surface area contributed by atoms with Gasteiger partial charge >= 0.3 is 5.97 Å². The summed E-state index contributed by atoms with van der Waals surface area (Å²) < 4.78 is 10.7. The van der Waals surface area contributed by atoms with E-state index in [4.69, 9.17) is 20.9 Å². The van der Waals surface area contributed by atoms with Crippen LogP contribution in [0.25, 0.3) is 11.4 Å². The second-order valence-electron chi connectivity index (χ2n) is 7.55. The molecule has 2 aromatic carbocycles. The van der Waals surface area contributed by atoms with Gasteiger partial charge in [0.1, 0.15) is 5.75 Å². The molecular formula is C23H22ClN3O4. The van der Waals surface area contributed by atoms with Crippen LogP contribution >= 0.6 is 11.6 Å². The molecule has 1 saturated heterocycles. The number of esters is 1. The summed E-state index contributed by atoms with van der Waals surface area (Å²) in [6.07, 6.45) is 1.47. The lowest BCUT2D eigenvalue weighted by Gasteiger charge is -2.31. The third kappa shape index (κ3) is 4.61. The fourth-order valence-electron chi connectivity index (χ4n) is 3.73. The number of nitrogens with zero attached hydrogens (tertiary/aromatic N) is 3. The summed E-state index contributed by atoms with van der Waals surface area (Å²) in [5.74, 6) is 1.15. The molecule has 1 amide bonds. The summed E-state index contributed by atoms with van der Waals surface area (Å²) in [4.78, 5) is 30.7. The number of hydrogen-bond acceptors (Lipinski definition) is 6. The van der Waals surface area contributed by atoms with Crippen molar-refractivity contribution in [3.05, 3.63) is 64.5 Å². The summed E-state index contributed by atoms with van der Waals surface area (Å²) in [6, 6.07) is 12.4. The van der Waals surface area contributed by atoms with Crippen LogP contribution in [0.5, 0.6) is 5.75 Å². The van der Waals surface area contributed by atoms with Gasteiger partial charge in [0, 0.05) is 47.6 Å². The van der Waals surface area contributed by atoms with Crippen LogP contribution in [0.15, 0.2) is 47.0 Å². The number of piperidine rings is 1. The summed E-state index contributed by atoms with van der Waals surface area (Å²) in [5, 5.41) is 4.74. The van der Waals surface area contributed by atoms with Crippen molar-refractivity contribution in [3.63, 3.8) is 0 Å². The van der Waals surface area contributed by atoms with E-state index in [9.17, 15) is 9.59 Å². The number of halogens is 1. The van der Waals surface area contributed by atoms with Gasteiger partial charge in [0.2, 0.25) is 11.7 Å². The van der Waals surface area contributed by atoms with Gasteiger partial charge in [-0.2, -0.15) is 4.98 Å². The quantitative estimate of drug-likeness (QED) is 0.434. The van der Waals surface area contributed by atoms with E-state index in [1.807, 2.05) is 17.0 Å². The largest absolute Gasteiger partial charge is 0.426 e. The van der Waals surface area contributed by atoms with Crippen LogP contribution in [0, 0.1) is 6.92 Å². The summed E-state index contributed by atoms with van der Waals surface area (Å²) in [6.45, 7) is 4.29. The monoisotopic (exact) mass is 439 g/mol. The van der Waals surface area contributed by atoms with Crippen LogP contribution in [-0.4, -0.2) is 40.0 Å². The van der Waals surface area contributed by atoms with Crippen LogP contribution in [-0.2, 0) is 4.79 Å². The Morgan fingerprint density at radius 3 is 2.52 bits per heavy atom. The highest BCUT2D eigenvalue weighted by atomic mass is 35.5. The van der Waals surface area contributed by atoms with Crippen LogP contribution in [0.2, 0.25) is 5.02 Å². The molecule has 1 aromatic heterocycles. The lowest BCUT2D eigenvalue weighted by atomic mass is 9.95. The number of hydrogen-bond donors (Lipinski definition) is 0. The highest BCUT2D eigenvalue weighted by Crippen LogP contribution is 2.30. The molecule has 0 atom stereocenters. The lowest BCUT2D eigenvalue weighted by molar-refractivity contribution is -0.131. The molecule has 0 unspecified atom stereocenters. The van der Waals surface area contributed by atoms with Gasteiger partial charge in [0.05, 0.1) is 0 Å². The van der Waals surface area contributed by atoms with Gasteiger partial charge in [-0.15, -0.1) is 0 Å². The van der Waals surface area contributed by atoms with Crippen molar-refractivity contribution in [1.29, 1.82) is 0 Å². The lowest BCUT2D eigenvalue weighted by Crippen LogP contribution is -2.38. The molecule has 1 aliphatic rings. The second-order valence-corrected chi connectivity index (χ2v) is 7.99. The Bertz CT molecular complexity index is 1100. The molecule has 0 spiro atoms. The minimum atomic E-state index is -0.411. The molecule has 8 heteroatoms. The number of aromatic nitrogens is 2. The predicted molar refractivity (Wildman–Crippen MR) is 115 cm³/mol. The zero-order valence-electron chi connectivity index (χ0n) is 17.3. The molecule has 0 bridgehead atoms. The average Bonchev–Trinajstić information content (AvgIpc) is 3.25. The van der Waals surface area contributed by atoms with Crippen molar-refractivity contribution in [1.82, 2.24) is 15.0 Å². The molecule has 1 fully saturated rings. The van der Waals surface area contributed by atoms with Crippen LogP contribution in [0.4, 0.5) is 0 Å². The topological polar surface area (TPSA) is 85.5 Å². The molecule has 0 aliphatic carbocycles.